The molecule has 0 heterocycles. The Bertz CT molecular complexity index is 653. The zero-order valence-electron chi connectivity index (χ0n) is 13.3. The molecule has 0 bridgehead atoms. The van der Waals surface area contributed by atoms with Gasteiger partial charge in [-0.05, 0) is 42.0 Å². The van der Waals surface area contributed by atoms with Gasteiger partial charge in [-0.15, -0.1) is 12.4 Å². The quantitative estimate of drug-likeness (QED) is 0.676. The first-order valence-electron chi connectivity index (χ1n) is 6.85. The molecular formula is C17H20ClN3O2. The SMILES string of the molecule is COc1ccc(C(=O)N/N=C/c2ccc(N(C)C)cc2)cc1.Cl. The lowest BCUT2D eigenvalue weighted by atomic mass is 10.2. The number of nitrogens with one attached hydrogen (secondary N) is 1. The van der Waals surface area contributed by atoms with Crippen molar-refractivity contribution in [2.75, 3.05) is 26.1 Å². The molecule has 2 rings (SSSR count). The van der Waals surface area contributed by atoms with Crippen LogP contribution >= 0.6 is 12.4 Å². The number of anilines is 1. The van der Waals surface area contributed by atoms with E-state index in [1.165, 1.54) is 0 Å². The zero-order valence-corrected chi connectivity index (χ0v) is 14.1. The van der Waals surface area contributed by atoms with Gasteiger partial charge in [-0.2, -0.15) is 5.10 Å². The van der Waals surface area contributed by atoms with E-state index < -0.39 is 0 Å². The number of carbonyl (C=O) groups excluding carboxylic acids is 1. The number of rotatable bonds is 5. The van der Waals surface area contributed by atoms with Gasteiger partial charge in [0.25, 0.3) is 5.91 Å². The van der Waals surface area contributed by atoms with Gasteiger partial charge in [0.1, 0.15) is 5.75 Å². The Morgan fingerprint density at radius 1 is 1.09 bits per heavy atom. The van der Waals surface area contributed by atoms with Gasteiger partial charge in [0.15, 0.2) is 0 Å². The number of halogens is 1. The van der Waals surface area contributed by atoms with Gasteiger partial charge in [0.05, 0.1) is 13.3 Å². The van der Waals surface area contributed by atoms with Gasteiger partial charge in [0, 0.05) is 25.3 Å². The molecular weight excluding hydrogens is 314 g/mol. The summed E-state index contributed by atoms with van der Waals surface area (Å²) in [5.41, 5.74) is 5.06. The summed E-state index contributed by atoms with van der Waals surface area (Å²) >= 11 is 0. The standard InChI is InChI=1S/C17H19N3O2.ClH/c1-20(2)15-8-4-13(5-9-15)12-18-19-17(21)14-6-10-16(22-3)11-7-14;/h4-12H,1-3H3,(H,19,21);1H/b18-12+;. The van der Waals surface area contributed by atoms with E-state index in [1.54, 1.807) is 37.6 Å². The molecule has 23 heavy (non-hydrogen) atoms. The summed E-state index contributed by atoms with van der Waals surface area (Å²) in [7, 11) is 5.55. The first-order valence-corrected chi connectivity index (χ1v) is 6.85. The zero-order chi connectivity index (χ0) is 15.9. The van der Waals surface area contributed by atoms with E-state index in [2.05, 4.69) is 10.5 Å². The van der Waals surface area contributed by atoms with Crippen molar-refractivity contribution < 1.29 is 9.53 Å². The maximum Gasteiger partial charge on any atom is 0.271 e. The Kier molecular flexibility index (Phi) is 7.09. The molecule has 1 N–H and O–H groups in total. The van der Waals surface area contributed by atoms with Crippen LogP contribution in [0, 0.1) is 0 Å². The Morgan fingerprint density at radius 2 is 1.70 bits per heavy atom. The number of hydrogen-bond donors (Lipinski definition) is 1. The van der Waals surface area contributed by atoms with Crippen LogP contribution in [-0.4, -0.2) is 33.3 Å². The highest BCUT2D eigenvalue weighted by Crippen LogP contribution is 2.12. The molecule has 0 aliphatic rings. The molecule has 1 amide bonds. The van der Waals surface area contributed by atoms with Crippen LogP contribution in [0.1, 0.15) is 15.9 Å². The van der Waals surface area contributed by atoms with Crippen LogP contribution in [0.25, 0.3) is 0 Å². The lowest BCUT2D eigenvalue weighted by Gasteiger charge is -2.11. The van der Waals surface area contributed by atoms with Crippen LogP contribution in [0.3, 0.4) is 0 Å². The average Bonchev–Trinajstić information content (AvgIpc) is 2.55. The van der Waals surface area contributed by atoms with E-state index in [9.17, 15) is 4.79 Å². The van der Waals surface area contributed by atoms with Crippen LogP contribution < -0.4 is 15.1 Å². The fourth-order valence-corrected chi connectivity index (χ4v) is 1.83. The molecule has 2 aromatic rings. The van der Waals surface area contributed by atoms with Crippen molar-refractivity contribution in [2.45, 2.75) is 0 Å². The lowest BCUT2D eigenvalue weighted by molar-refractivity contribution is 0.0955. The predicted molar refractivity (Wildman–Crippen MR) is 96.1 cm³/mol. The number of ether oxygens (including phenoxy) is 1. The molecule has 0 fully saturated rings. The van der Waals surface area contributed by atoms with E-state index in [1.807, 2.05) is 43.3 Å². The smallest absolute Gasteiger partial charge is 0.271 e. The first-order chi connectivity index (χ1) is 10.6. The van der Waals surface area contributed by atoms with Crippen molar-refractivity contribution in [3.63, 3.8) is 0 Å². The fourth-order valence-electron chi connectivity index (χ4n) is 1.83. The minimum atomic E-state index is -0.260. The molecule has 122 valence electrons. The summed E-state index contributed by atoms with van der Waals surface area (Å²) < 4.78 is 5.05. The van der Waals surface area contributed by atoms with Gasteiger partial charge >= 0.3 is 0 Å². The summed E-state index contributed by atoms with van der Waals surface area (Å²) in [5, 5.41) is 3.97. The van der Waals surface area contributed by atoms with Crippen molar-refractivity contribution in [1.82, 2.24) is 5.43 Å². The van der Waals surface area contributed by atoms with Gasteiger partial charge in [-0.1, -0.05) is 12.1 Å². The number of benzene rings is 2. The van der Waals surface area contributed by atoms with Crippen LogP contribution in [0.5, 0.6) is 5.75 Å². The molecule has 0 saturated heterocycles. The number of nitrogens with zero attached hydrogens (tertiary/aromatic N) is 2. The minimum Gasteiger partial charge on any atom is -0.497 e. The number of methoxy groups -OCH3 is 1. The van der Waals surface area contributed by atoms with Crippen LogP contribution in [0.15, 0.2) is 53.6 Å². The number of hydrazone groups is 1. The largest absolute Gasteiger partial charge is 0.497 e. The summed E-state index contributed by atoms with van der Waals surface area (Å²) in [6.07, 6.45) is 1.61. The van der Waals surface area contributed by atoms with Crippen molar-refractivity contribution in [2.24, 2.45) is 5.10 Å². The Hall–Kier alpha value is -2.53. The molecule has 0 atom stereocenters. The van der Waals surface area contributed by atoms with E-state index in [-0.39, 0.29) is 18.3 Å². The topological polar surface area (TPSA) is 53.9 Å². The highest BCUT2D eigenvalue weighted by Gasteiger charge is 2.03. The lowest BCUT2D eigenvalue weighted by Crippen LogP contribution is -2.17. The van der Waals surface area contributed by atoms with Crippen molar-refractivity contribution >= 4 is 30.2 Å². The first kappa shape index (κ1) is 18.5. The maximum absolute atomic E-state index is 11.9. The summed E-state index contributed by atoms with van der Waals surface area (Å²) in [6.45, 7) is 0. The van der Waals surface area contributed by atoms with Crippen LogP contribution in [0.4, 0.5) is 5.69 Å². The van der Waals surface area contributed by atoms with Crippen molar-refractivity contribution in [1.29, 1.82) is 0 Å². The summed E-state index contributed by atoms with van der Waals surface area (Å²) in [5.74, 6) is 0.449. The van der Waals surface area contributed by atoms with E-state index in [0.29, 0.717) is 11.3 Å². The van der Waals surface area contributed by atoms with Gasteiger partial charge in [-0.25, -0.2) is 5.43 Å². The van der Waals surface area contributed by atoms with Gasteiger partial charge in [0.2, 0.25) is 0 Å². The van der Waals surface area contributed by atoms with E-state index >= 15 is 0 Å². The fraction of sp³-hybridized carbons (Fsp3) is 0.176. The highest BCUT2D eigenvalue weighted by molar-refractivity contribution is 5.95. The molecule has 0 aliphatic carbocycles. The number of carbonyl (C=O) groups is 1. The average molecular weight is 334 g/mol. The van der Waals surface area contributed by atoms with Gasteiger partial charge < -0.3 is 9.64 Å². The van der Waals surface area contributed by atoms with Crippen LogP contribution in [0.2, 0.25) is 0 Å². The second-order valence-corrected chi connectivity index (χ2v) is 4.91. The molecule has 5 nitrogen and oxygen atoms in total. The third-order valence-electron chi connectivity index (χ3n) is 3.14. The summed E-state index contributed by atoms with van der Waals surface area (Å²) in [4.78, 5) is 13.9. The second kappa shape index (κ2) is 8.80. The van der Waals surface area contributed by atoms with Crippen molar-refractivity contribution in [3.05, 3.63) is 59.7 Å². The normalized spacial score (nSPS) is 10.0. The van der Waals surface area contributed by atoms with Gasteiger partial charge in [-0.3, -0.25) is 4.79 Å². The number of hydrogen-bond acceptors (Lipinski definition) is 4. The molecule has 0 spiro atoms. The Labute approximate surface area is 142 Å². The molecule has 0 unspecified atom stereocenters. The highest BCUT2D eigenvalue weighted by atomic mass is 35.5. The minimum absolute atomic E-state index is 0. The second-order valence-electron chi connectivity index (χ2n) is 4.91. The van der Waals surface area contributed by atoms with E-state index in [4.69, 9.17) is 4.74 Å². The summed E-state index contributed by atoms with van der Waals surface area (Å²) in [6, 6.07) is 14.7. The predicted octanol–water partition coefficient (Wildman–Crippen LogP) is 2.95. The Morgan fingerprint density at radius 3 is 2.22 bits per heavy atom. The molecule has 0 aliphatic heterocycles. The van der Waals surface area contributed by atoms with E-state index in [0.717, 1.165) is 11.3 Å². The van der Waals surface area contributed by atoms with Crippen LogP contribution in [-0.2, 0) is 0 Å². The third-order valence-corrected chi connectivity index (χ3v) is 3.14. The molecule has 0 saturated carbocycles. The molecule has 2 aromatic carbocycles. The maximum atomic E-state index is 11.9. The third kappa shape index (κ3) is 5.30. The molecule has 0 aromatic heterocycles. The number of amides is 1. The monoisotopic (exact) mass is 333 g/mol. The molecule has 0 radical (unpaired) electrons. The Balaban J connectivity index is 0.00000264. The van der Waals surface area contributed by atoms with Crippen molar-refractivity contribution in [3.8, 4) is 5.75 Å². The molecule has 6 heteroatoms.